The molecule has 0 spiro atoms. The standard InChI is InChI=1S/C17H19ClN2O3S/c1-13(20-24(22,23)16-5-3-2-4-6-16)17(21)19-12-11-14-7-9-15(18)10-8-14/h2-10,13,20H,11-12H2,1H3,(H,19,21)/t13-/m0/s1. The van der Waals surface area contributed by atoms with Crippen LogP contribution in [0.15, 0.2) is 59.5 Å². The van der Waals surface area contributed by atoms with E-state index >= 15 is 0 Å². The van der Waals surface area contributed by atoms with Gasteiger partial charge in [-0.3, -0.25) is 4.79 Å². The molecular formula is C17H19ClN2O3S. The van der Waals surface area contributed by atoms with Crippen LogP contribution in [-0.4, -0.2) is 26.9 Å². The van der Waals surface area contributed by atoms with E-state index in [0.29, 0.717) is 18.0 Å². The molecule has 2 aromatic rings. The summed E-state index contributed by atoms with van der Waals surface area (Å²) in [5.74, 6) is -0.372. The van der Waals surface area contributed by atoms with Crippen molar-refractivity contribution in [2.24, 2.45) is 0 Å². The first-order valence-electron chi connectivity index (χ1n) is 7.48. The fraction of sp³-hybridized carbons (Fsp3) is 0.235. The van der Waals surface area contributed by atoms with E-state index in [1.165, 1.54) is 19.1 Å². The Balaban J connectivity index is 1.85. The van der Waals surface area contributed by atoms with Gasteiger partial charge in [0, 0.05) is 11.6 Å². The number of carbonyl (C=O) groups excluding carboxylic acids is 1. The van der Waals surface area contributed by atoms with E-state index in [1.807, 2.05) is 12.1 Å². The van der Waals surface area contributed by atoms with Gasteiger partial charge in [-0.2, -0.15) is 4.72 Å². The number of nitrogens with one attached hydrogen (secondary N) is 2. The van der Waals surface area contributed by atoms with Gasteiger partial charge >= 0.3 is 0 Å². The van der Waals surface area contributed by atoms with Crippen LogP contribution in [0.3, 0.4) is 0 Å². The largest absolute Gasteiger partial charge is 0.354 e. The summed E-state index contributed by atoms with van der Waals surface area (Å²) in [6.07, 6.45) is 0.640. The Morgan fingerprint density at radius 1 is 1.08 bits per heavy atom. The highest BCUT2D eigenvalue weighted by molar-refractivity contribution is 7.89. The van der Waals surface area contributed by atoms with Crippen LogP contribution in [0.5, 0.6) is 0 Å². The Hall–Kier alpha value is -1.89. The second-order valence-electron chi connectivity index (χ2n) is 5.32. The van der Waals surface area contributed by atoms with Gasteiger partial charge in [-0.1, -0.05) is 41.9 Å². The molecule has 2 aromatic carbocycles. The summed E-state index contributed by atoms with van der Waals surface area (Å²) < 4.78 is 26.7. The average Bonchev–Trinajstić information content (AvgIpc) is 2.57. The van der Waals surface area contributed by atoms with E-state index in [0.717, 1.165) is 5.56 Å². The molecule has 0 saturated carbocycles. The predicted molar refractivity (Wildman–Crippen MR) is 94.4 cm³/mol. The first-order chi connectivity index (χ1) is 11.4. The smallest absolute Gasteiger partial charge is 0.241 e. The number of halogens is 1. The molecule has 0 aliphatic rings. The van der Waals surface area contributed by atoms with Crippen LogP contribution >= 0.6 is 11.6 Å². The van der Waals surface area contributed by atoms with Crippen molar-refractivity contribution in [1.82, 2.24) is 10.0 Å². The number of carbonyl (C=O) groups is 1. The van der Waals surface area contributed by atoms with Crippen molar-refractivity contribution < 1.29 is 13.2 Å². The van der Waals surface area contributed by atoms with Gasteiger partial charge in [0.05, 0.1) is 10.9 Å². The van der Waals surface area contributed by atoms with Crippen molar-refractivity contribution in [3.8, 4) is 0 Å². The Morgan fingerprint density at radius 3 is 2.33 bits per heavy atom. The van der Waals surface area contributed by atoms with Gasteiger partial charge in [-0.15, -0.1) is 0 Å². The molecular weight excluding hydrogens is 348 g/mol. The van der Waals surface area contributed by atoms with E-state index in [1.54, 1.807) is 30.3 Å². The summed E-state index contributed by atoms with van der Waals surface area (Å²) in [5.41, 5.74) is 1.04. The molecule has 0 aromatic heterocycles. The monoisotopic (exact) mass is 366 g/mol. The van der Waals surface area contributed by atoms with Gasteiger partial charge in [-0.25, -0.2) is 8.42 Å². The molecule has 0 bridgehead atoms. The highest BCUT2D eigenvalue weighted by Gasteiger charge is 2.21. The lowest BCUT2D eigenvalue weighted by atomic mass is 10.1. The Morgan fingerprint density at radius 2 is 1.71 bits per heavy atom. The molecule has 128 valence electrons. The Bertz CT molecular complexity index is 777. The van der Waals surface area contributed by atoms with Gasteiger partial charge in [0.1, 0.15) is 0 Å². The summed E-state index contributed by atoms with van der Waals surface area (Å²) in [5, 5.41) is 3.38. The second kappa shape index (κ2) is 8.28. The summed E-state index contributed by atoms with van der Waals surface area (Å²) in [4.78, 5) is 12.2. The minimum Gasteiger partial charge on any atom is -0.354 e. The molecule has 1 amide bonds. The van der Waals surface area contributed by atoms with E-state index in [9.17, 15) is 13.2 Å². The van der Waals surface area contributed by atoms with Gasteiger partial charge < -0.3 is 5.32 Å². The van der Waals surface area contributed by atoms with Crippen LogP contribution < -0.4 is 10.0 Å². The number of amides is 1. The van der Waals surface area contributed by atoms with Crippen LogP contribution in [0.25, 0.3) is 0 Å². The Labute approximate surface area is 147 Å². The van der Waals surface area contributed by atoms with Crippen molar-refractivity contribution in [1.29, 1.82) is 0 Å². The SMILES string of the molecule is C[C@H](NS(=O)(=O)c1ccccc1)C(=O)NCCc1ccc(Cl)cc1. The third-order valence-electron chi connectivity index (χ3n) is 3.40. The Kier molecular flexibility index (Phi) is 6.36. The number of rotatable bonds is 7. The second-order valence-corrected chi connectivity index (χ2v) is 7.47. The fourth-order valence-corrected chi connectivity index (χ4v) is 3.44. The third-order valence-corrected chi connectivity index (χ3v) is 5.21. The maximum atomic E-state index is 12.2. The van der Waals surface area contributed by atoms with E-state index in [2.05, 4.69) is 10.0 Å². The number of sulfonamides is 1. The van der Waals surface area contributed by atoms with E-state index in [4.69, 9.17) is 11.6 Å². The molecule has 24 heavy (non-hydrogen) atoms. The van der Waals surface area contributed by atoms with Crippen LogP contribution in [0.2, 0.25) is 5.02 Å². The molecule has 5 nitrogen and oxygen atoms in total. The highest BCUT2D eigenvalue weighted by atomic mass is 35.5. The molecule has 2 N–H and O–H groups in total. The van der Waals surface area contributed by atoms with Crippen LogP contribution in [-0.2, 0) is 21.2 Å². The molecule has 0 saturated heterocycles. The lowest BCUT2D eigenvalue weighted by Gasteiger charge is -2.14. The van der Waals surface area contributed by atoms with Gasteiger partial charge in [0.15, 0.2) is 0 Å². The van der Waals surface area contributed by atoms with Crippen molar-refractivity contribution in [3.63, 3.8) is 0 Å². The number of hydrogen-bond donors (Lipinski definition) is 2. The van der Waals surface area contributed by atoms with Gasteiger partial charge in [-0.05, 0) is 43.2 Å². The summed E-state index contributed by atoms with van der Waals surface area (Å²) in [6, 6.07) is 14.4. The van der Waals surface area contributed by atoms with Crippen molar-refractivity contribution in [2.75, 3.05) is 6.54 Å². The molecule has 0 heterocycles. The zero-order chi connectivity index (χ0) is 17.6. The quantitative estimate of drug-likeness (QED) is 0.789. The van der Waals surface area contributed by atoms with Gasteiger partial charge in [0.2, 0.25) is 15.9 Å². The normalized spacial score (nSPS) is 12.6. The average molecular weight is 367 g/mol. The summed E-state index contributed by atoms with van der Waals surface area (Å²) in [6.45, 7) is 1.93. The van der Waals surface area contributed by atoms with Gasteiger partial charge in [0.25, 0.3) is 0 Å². The maximum absolute atomic E-state index is 12.2. The molecule has 0 radical (unpaired) electrons. The minimum absolute atomic E-state index is 0.130. The van der Waals surface area contributed by atoms with Crippen molar-refractivity contribution >= 4 is 27.5 Å². The number of hydrogen-bond acceptors (Lipinski definition) is 3. The molecule has 7 heteroatoms. The molecule has 0 aliphatic heterocycles. The lowest BCUT2D eigenvalue weighted by molar-refractivity contribution is -0.122. The number of benzene rings is 2. The molecule has 0 fully saturated rings. The van der Waals surface area contributed by atoms with Crippen molar-refractivity contribution in [2.45, 2.75) is 24.3 Å². The lowest BCUT2D eigenvalue weighted by Crippen LogP contribution is -2.45. The van der Waals surface area contributed by atoms with Crippen molar-refractivity contribution in [3.05, 3.63) is 65.2 Å². The van der Waals surface area contributed by atoms with Crippen LogP contribution in [0.4, 0.5) is 0 Å². The first kappa shape index (κ1) is 18.4. The first-order valence-corrected chi connectivity index (χ1v) is 9.34. The predicted octanol–water partition coefficient (Wildman–Crippen LogP) is 2.37. The molecule has 2 rings (SSSR count). The highest BCUT2D eigenvalue weighted by Crippen LogP contribution is 2.10. The van der Waals surface area contributed by atoms with E-state index in [-0.39, 0.29) is 10.8 Å². The fourth-order valence-electron chi connectivity index (χ4n) is 2.09. The summed E-state index contributed by atoms with van der Waals surface area (Å²) >= 11 is 5.81. The topological polar surface area (TPSA) is 75.3 Å². The zero-order valence-corrected chi connectivity index (χ0v) is 14.8. The van der Waals surface area contributed by atoms with Crippen LogP contribution in [0, 0.1) is 0 Å². The maximum Gasteiger partial charge on any atom is 0.241 e. The van der Waals surface area contributed by atoms with Crippen LogP contribution in [0.1, 0.15) is 12.5 Å². The molecule has 1 atom stereocenters. The van der Waals surface area contributed by atoms with E-state index < -0.39 is 16.1 Å². The zero-order valence-electron chi connectivity index (χ0n) is 13.2. The molecule has 0 aliphatic carbocycles. The minimum atomic E-state index is -3.71. The third kappa shape index (κ3) is 5.33. The summed E-state index contributed by atoms with van der Waals surface area (Å²) in [7, 11) is -3.71. The molecule has 0 unspecified atom stereocenters.